The molecule has 0 atom stereocenters. The molecule has 2 rings (SSSR count). The van der Waals surface area contributed by atoms with Crippen LogP contribution in [-0.4, -0.2) is 54.9 Å². The number of methoxy groups -OCH3 is 2. The number of nitrogens with one attached hydrogen (secondary N) is 1. The number of nitrogens with zero attached hydrogens (tertiary/aromatic N) is 3. The van der Waals surface area contributed by atoms with Gasteiger partial charge in [-0.25, -0.2) is 22.7 Å². The molecule has 0 bridgehead atoms. The standard InChI is InChI=1S/C14H15F3N4O6S2/c1-20-12(28-7-14(15,16)17)18-21(13(20)23)11(22)19-29(24,25)10-6-8(26-2)4-5-9(10)27-3/h4-6H,7H2,1-3H3,(H,19,22). The van der Waals surface area contributed by atoms with Crippen molar-refractivity contribution in [2.75, 3.05) is 20.0 Å². The molecule has 1 N–H and O–H groups in total. The summed E-state index contributed by atoms with van der Waals surface area (Å²) >= 11 is 0.172. The van der Waals surface area contributed by atoms with Crippen LogP contribution < -0.4 is 19.9 Å². The third-order valence-corrected chi connectivity index (χ3v) is 5.81. The maximum atomic E-state index is 12.6. The molecular weight excluding hydrogens is 441 g/mol. The van der Waals surface area contributed by atoms with Crippen molar-refractivity contribution in [3.63, 3.8) is 0 Å². The number of carbonyl (C=O) groups is 1. The number of carbonyl (C=O) groups excluding carboxylic acids is 1. The van der Waals surface area contributed by atoms with Gasteiger partial charge in [0.15, 0.2) is 5.16 Å². The molecule has 0 unspecified atom stereocenters. The Morgan fingerprint density at radius 3 is 2.48 bits per heavy atom. The maximum absolute atomic E-state index is 12.6. The van der Waals surface area contributed by atoms with Gasteiger partial charge in [-0.15, -0.1) is 9.78 Å². The molecule has 0 saturated carbocycles. The van der Waals surface area contributed by atoms with Crippen LogP contribution in [-0.2, 0) is 17.1 Å². The van der Waals surface area contributed by atoms with Crippen LogP contribution in [0, 0.1) is 0 Å². The largest absolute Gasteiger partial charge is 0.497 e. The molecule has 0 aliphatic heterocycles. The fourth-order valence-electron chi connectivity index (χ4n) is 2.03. The number of amides is 1. The lowest BCUT2D eigenvalue weighted by Gasteiger charge is -2.11. The second kappa shape index (κ2) is 8.36. The Hall–Kier alpha value is -2.68. The minimum atomic E-state index is -4.54. The maximum Gasteiger partial charge on any atom is 0.398 e. The molecule has 0 spiro atoms. The van der Waals surface area contributed by atoms with E-state index in [4.69, 9.17) is 9.47 Å². The molecule has 1 aromatic heterocycles. The highest BCUT2D eigenvalue weighted by atomic mass is 32.2. The van der Waals surface area contributed by atoms with Gasteiger partial charge in [-0.05, 0) is 12.1 Å². The highest BCUT2D eigenvalue weighted by molar-refractivity contribution is 7.99. The molecule has 1 heterocycles. The van der Waals surface area contributed by atoms with Crippen molar-refractivity contribution in [3.8, 4) is 11.5 Å². The first kappa shape index (κ1) is 22.6. The zero-order chi connectivity index (χ0) is 22.0. The van der Waals surface area contributed by atoms with E-state index < -0.39 is 43.7 Å². The highest BCUT2D eigenvalue weighted by Gasteiger charge is 2.30. The number of hydrogen-bond acceptors (Lipinski definition) is 8. The van der Waals surface area contributed by atoms with Gasteiger partial charge < -0.3 is 9.47 Å². The zero-order valence-corrected chi connectivity index (χ0v) is 16.8. The number of aromatic nitrogens is 3. The van der Waals surface area contributed by atoms with Crippen LogP contribution in [0.2, 0.25) is 0 Å². The summed E-state index contributed by atoms with van der Waals surface area (Å²) in [4.78, 5) is 23.9. The average Bonchev–Trinajstić information content (AvgIpc) is 2.93. The van der Waals surface area contributed by atoms with Crippen molar-refractivity contribution in [2.45, 2.75) is 16.2 Å². The van der Waals surface area contributed by atoms with Gasteiger partial charge in [-0.3, -0.25) is 4.57 Å². The van der Waals surface area contributed by atoms with Crippen LogP contribution in [0.3, 0.4) is 0 Å². The molecular formula is C14H15F3N4O6S2. The lowest BCUT2D eigenvalue weighted by atomic mass is 10.3. The van der Waals surface area contributed by atoms with Gasteiger partial charge in [0.2, 0.25) is 0 Å². The summed E-state index contributed by atoms with van der Waals surface area (Å²) in [5, 5.41) is 3.05. The minimum Gasteiger partial charge on any atom is -0.497 e. The first-order valence-corrected chi connectivity index (χ1v) is 10.0. The SMILES string of the molecule is COc1ccc(OC)c(S(=O)(=O)NC(=O)n2nc(SCC(F)(F)F)n(C)c2=O)c1. The molecule has 0 aliphatic carbocycles. The lowest BCUT2D eigenvalue weighted by Crippen LogP contribution is -2.40. The molecule has 1 amide bonds. The Balaban J connectivity index is 2.34. The number of thioether (sulfide) groups is 1. The Morgan fingerprint density at radius 1 is 1.28 bits per heavy atom. The van der Waals surface area contributed by atoms with Crippen molar-refractivity contribution in [1.29, 1.82) is 0 Å². The van der Waals surface area contributed by atoms with Crippen LogP contribution >= 0.6 is 11.8 Å². The lowest BCUT2D eigenvalue weighted by molar-refractivity contribution is -0.105. The molecule has 29 heavy (non-hydrogen) atoms. The van der Waals surface area contributed by atoms with E-state index in [9.17, 15) is 31.2 Å². The fraction of sp³-hybridized carbons (Fsp3) is 0.357. The predicted molar refractivity (Wildman–Crippen MR) is 94.9 cm³/mol. The van der Waals surface area contributed by atoms with E-state index >= 15 is 0 Å². The second-order valence-electron chi connectivity index (χ2n) is 5.37. The molecule has 15 heteroatoms. The van der Waals surface area contributed by atoms with E-state index in [-0.39, 0.29) is 27.9 Å². The number of sulfonamides is 1. The highest BCUT2D eigenvalue weighted by Crippen LogP contribution is 2.28. The van der Waals surface area contributed by atoms with Gasteiger partial charge in [0.05, 0.1) is 20.0 Å². The quantitative estimate of drug-likeness (QED) is 0.644. The van der Waals surface area contributed by atoms with Crippen LogP contribution in [0.15, 0.2) is 33.0 Å². The normalized spacial score (nSPS) is 11.9. The van der Waals surface area contributed by atoms with Crippen molar-refractivity contribution in [3.05, 3.63) is 28.7 Å². The molecule has 0 radical (unpaired) electrons. The van der Waals surface area contributed by atoms with Crippen molar-refractivity contribution >= 4 is 27.8 Å². The van der Waals surface area contributed by atoms with Crippen molar-refractivity contribution in [1.82, 2.24) is 19.1 Å². The summed E-state index contributed by atoms with van der Waals surface area (Å²) in [7, 11) is -0.944. The van der Waals surface area contributed by atoms with E-state index in [2.05, 4.69) is 5.10 Å². The molecule has 0 saturated heterocycles. The van der Waals surface area contributed by atoms with Gasteiger partial charge in [0.1, 0.15) is 16.4 Å². The van der Waals surface area contributed by atoms with Crippen LogP contribution in [0.4, 0.5) is 18.0 Å². The average molecular weight is 456 g/mol. The molecule has 0 aliphatic rings. The van der Waals surface area contributed by atoms with Crippen LogP contribution in [0.5, 0.6) is 11.5 Å². The monoisotopic (exact) mass is 456 g/mol. The Kier molecular flexibility index (Phi) is 6.52. The summed E-state index contributed by atoms with van der Waals surface area (Å²) in [5.41, 5.74) is -1.13. The zero-order valence-electron chi connectivity index (χ0n) is 15.2. The van der Waals surface area contributed by atoms with Crippen molar-refractivity contribution < 1.29 is 35.9 Å². The number of rotatable bonds is 6. The second-order valence-corrected chi connectivity index (χ2v) is 7.96. The smallest absolute Gasteiger partial charge is 0.398 e. The summed E-state index contributed by atoms with van der Waals surface area (Å²) < 4.78 is 74.5. The third-order valence-electron chi connectivity index (χ3n) is 3.38. The first-order valence-electron chi connectivity index (χ1n) is 7.54. The number of ether oxygens (including phenoxy) is 2. The van der Waals surface area contributed by atoms with Gasteiger partial charge in [0, 0.05) is 13.1 Å². The number of alkyl halides is 3. The van der Waals surface area contributed by atoms with Gasteiger partial charge in [-0.1, -0.05) is 11.8 Å². The van der Waals surface area contributed by atoms with Gasteiger partial charge in [0.25, 0.3) is 10.0 Å². The predicted octanol–water partition coefficient (Wildman–Crippen LogP) is 1.20. The Bertz CT molecular complexity index is 1080. The van der Waals surface area contributed by atoms with Crippen molar-refractivity contribution in [2.24, 2.45) is 7.05 Å². The summed E-state index contributed by atoms with van der Waals surface area (Å²) in [6, 6.07) is 2.32. The first-order chi connectivity index (χ1) is 13.4. The molecule has 0 fully saturated rings. The minimum absolute atomic E-state index is 0.110. The number of halogens is 3. The van der Waals surface area contributed by atoms with Gasteiger partial charge >= 0.3 is 17.9 Å². The van der Waals surface area contributed by atoms with E-state index in [0.717, 1.165) is 13.1 Å². The molecule has 160 valence electrons. The van der Waals surface area contributed by atoms with E-state index in [1.54, 1.807) is 4.72 Å². The number of benzene rings is 1. The summed E-state index contributed by atoms with van der Waals surface area (Å²) in [6.45, 7) is 0. The van der Waals surface area contributed by atoms with E-state index in [0.29, 0.717) is 4.57 Å². The summed E-state index contributed by atoms with van der Waals surface area (Å²) in [5.74, 6) is -1.31. The molecule has 1 aromatic carbocycles. The third kappa shape index (κ3) is 5.23. The summed E-state index contributed by atoms with van der Waals surface area (Å²) in [6.07, 6.45) is -4.53. The molecule has 2 aromatic rings. The fourth-order valence-corrected chi connectivity index (χ4v) is 3.85. The van der Waals surface area contributed by atoms with E-state index in [1.165, 1.54) is 26.4 Å². The topological polar surface area (TPSA) is 122 Å². The Labute approximate surface area is 166 Å². The van der Waals surface area contributed by atoms with Gasteiger partial charge in [-0.2, -0.15) is 13.2 Å². The van der Waals surface area contributed by atoms with E-state index in [1.807, 2.05) is 0 Å². The Morgan fingerprint density at radius 2 is 1.93 bits per heavy atom. The van der Waals surface area contributed by atoms with Crippen LogP contribution in [0.1, 0.15) is 0 Å². The number of hydrogen-bond donors (Lipinski definition) is 1. The molecule has 10 nitrogen and oxygen atoms in total. The van der Waals surface area contributed by atoms with Crippen LogP contribution in [0.25, 0.3) is 0 Å².